The third-order valence-corrected chi connectivity index (χ3v) is 3.29. The van der Waals surface area contributed by atoms with E-state index in [9.17, 15) is 15.3 Å². The number of anilines is 1. The number of nitriles is 2. The highest BCUT2D eigenvalue weighted by molar-refractivity contribution is 5.89. The van der Waals surface area contributed by atoms with Crippen LogP contribution in [0.1, 0.15) is 0 Å². The Hall–Kier alpha value is -3.19. The molecule has 1 amide bonds. The molecule has 0 aromatic heterocycles. The monoisotopic (exact) mass is 267 g/mol. The van der Waals surface area contributed by atoms with Gasteiger partial charge >= 0.3 is 0 Å². The van der Waals surface area contributed by atoms with Gasteiger partial charge in [-0.3, -0.25) is 4.79 Å². The van der Waals surface area contributed by atoms with Gasteiger partial charge in [0.05, 0.1) is 11.8 Å². The molecule has 2 atom stereocenters. The van der Waals surface area contributed by atoms with Crippen LogP contribution in [0.4, 0.5) is 5.69 Å². The van der Waals surface area contributed by atoms with Crippen molar-refractivity contribution in [2.24, 2.45) is 11.7 Å². The average Bonchev–Trinajstić information content (AvgIpc) is 2.78. The van der Waals surface area contributed by atoms with Crippen LogP contribution >= 0.6 is 0 Å². The van der Waals surface area contributed by atoms with E-state index >= 15 is 0 Å². The van der Waals surface area contributed by atoms with Crippen molar-refractivity contribution in [2.75, 3.05) is 5.32 Å². The molecule has 7 nitrogen and oxygen atoms in total. The summed E-state index contributed by atoms with van der Waals surface area (Å²) in [5, 5.41) is 23.8. The van der Waals surface area contributed by atoms with Gasteiger partial charge in [-0.2, -0.15) is 10.5 Å². The summed E-state index contributed by atoms with van der Waals surface area (Å²) in [7, 11) is 0. The van der Waals surface area contributed by atoms with Crippen LogP contribution in [0, 0.1) is 28.6 Å². The van der Waals surface area contributed by atoms with Crippen LogP contribution in [0.15, 0.2) is 35.7 Å². The van der Waals surface area contributed by atoms with Gasteiger partial charge in [0, 0.05) is 0 Å². The zero-order valence-electron chi connectivity index (χ0n) is 10.2. The molecular formula is C13H9N5O2. The fourth-order valence-electron chi connectivity index (χ4n) is 2.39. The number of nitrogens with two attached hydrogens (primary N) is 1. The lowest BCUT2D eigenvalue weighted by Gasteiger charge is -2.35. The fraction of sp³-hybridized carbons (Fsp3) is 0.154. The Morgan fingerprint density at radius 3 is 2.75 bits per heavy atom. The van der Waals surface area contributed by atoms with E-state index in [-0.39, 0.29) is 11.4 Å². The van der Waals surface area contributed by atoms with E-state index in [1.165, 1.54) is 0 Å². The summed E-state index contributed by atoms with van der Waals surface area (Å²) in [5.41, 5.74) is 4.70. The van der Waals surface area contributed by atoms with Crippen LogP contribution in [0.3, 0.4) is 0 Å². The first-order valence-electron chi connectivity index (χ1n) is 5.79. The number of carbonyl (C=O) groups excluding carboxylic acids is 1. The highest BCUT2D eigenvalue weighted by Crippen LogP contribution is 2.44. The second-order valence-corrected chi connectivity index (χ2v) is 4.41. The maximum Gasteiger partial charge on any atom is 0.249 e. The normalized spacial score (nSPS) is 26.9. The Balaban J connectivity index is 2.20. The molecule has 0 saturated heterocycles. The number of rotatable bonds is 0. The van der Waals surface area contributed by atoms with Gasteiger partial charge in [-0.1, -0.05) is 12.1 Å². The third-order valence-electron chi connectivity index (χ3n) is 3.29. The summed E-state index contributed by atoms with van der Waals surface area (Å²) in [6, 6.07) is 10.7. The summed E-state index contributed by atoms with van der Waals surface area (Å²) < 4.78 is 5.73. The van der Waals surface area contributed by atoms with Gasteiger partial charge in [-0.15, -0.1) is 0 Å². The molecule has 4 N–H and O–H groups in total. The minimum atomic E-state index is -1.57. The Morgan fingerprint density at radius 2 is 2.10 bits per heavy atom. The molecule has 3 rings (SSSR count). The maximum absolute atomic E-state index is 11.9. The van der Waals surface area contributed by atoms with Crippen LogP contribution in [0.5, 0.6) is 5.75 Å². The zero-order chi connectivity index (χ0) is 14.3. The lowest BCUT2D eigenvalue weighted by molar-refractivity contribution is -0.127. The van der Waals surface area contributed by atoms with E-state index in [1.807, 2.05) is 12.1 Å². The van der Waals surface area contributed by atoms with Crippen molar-refractivity contribution in [3.63, 3.8) is 0 Å². The third kappa shape index (κ3) is 1.35. The SMILES string of the molecule is N#CC1=C(N)NC(=O)C(C#N)C12Nc1ccccc1O2. The Labute approximate surface area is 114 Å². The number of nitrogens with zero attached hydrogens (tertiary/aromatic N) is 2. The van der Waals surface area contributed by atoms with E-state index in [2.05, 4.69) is 10.6 Å². The lowest BCUT2D eigenvalue weighted by Crippen LogP contribution is -2.59. The molecular weight excluding hydrogens is 258 g/mol. The molecule has 2 unspecified atom stereocenters. The van der Waals surface area contributed by atoms with Crippen molar-refractivity contribution in [1.82, 2.24) is 5.32 Å². The number of ether oxygens (including phenoxy) is 1. The zero-order valence-corrected chi connectivity index (χ0v) is 10.2. The highest BCUT2D eigenvalue weighted by atomic mass is 16.5. The molecule has 2 aliphatic heterocycles. The molecule has 0 bridgehead atoms. The maximum atomic E-state index is 11.9. The first kappa shape index (κ1) is 11.9. The molecule has 1 spiro atoms. The fourth-order valence-corrected chi connectivity index (χ4v) is 2.39. The summed E-state index contributed by atoms with van der Waals surface area (Å²) in [4.78, 5) is 11.9. The quantitative estimate of drug-likeness (QED) is 0.614. The largest absolute Gasteiger partial charge is 0.459 e. The molecule has 0 saturated carbocycles. The van der Waals surface area contributed by atoms with Gasteiger partial charge in [-0.05, 0) is 12.1 Å². The number of fused-ring (bicyclic) bond motifs is 1. The number of para-hydroxylation sites is 2. The van der Waals surface area contributed by atoms with Gasteiger partial charge in [0.1, 0.15) is 23.2 Å². The number of hydrogen-bond acceptors (Lipinski definition) is 6. The molecule has 1 aromatic rings. The molecule has 2 aliphatic rings. The van der Waals surface area contributed by atoms with E-state index in [0.717, 1.165) is 0 Å². The molecule has 98 valence electrons. The Bertz CT molecular complexity index is 700. The number of carbonyl (C=O) groups is 1. The van der Waals surface area contributed by atoms with Gasteiger partial charge in [0.2, 0.25) is 11.6 Å². The summed E-state index contributed by atoms with van der Waals surface area (Å²) in [6.45, 7) is 0. The van der Waals surface area contributed by atoms with Crippen molar-refractivity contribution in [1.29, 1.82) is 10.5 Å². The standard InChI is InChI=1S/C13H9N5O2/c14-5-7-11(16)17-12(19)8(6-15)13(7)18-9-3-1-2-4-10(9)20-13/h1-4,8,18H,16H2,(H,17,19). The topological polar surface area (TPSA) is 124 Å². The average molecular weight is 267 g/mol. The van der Waals surface area contributed by atoms with Crippen LogP contribution in [0.2, 0.25) is 0 Å². The predicted molar refractivity (Wildman–Crippen MR) is 67.5 cm³/mol. The highest BCUT2D eigenvalue weighted by Gasteiger charge is 2.57. The second kappa shape index (κ2) is 3.90. The van der Waals surface area contributed by atoms with Crippen molar-refractivity contribution < 1.29 is 9.53 Å². The van der Waals surface area contributed by atoms with Crippen LogP contribution in [-0.2, 0) is 4.79 Å². The summed E-state index contributed by atoms with van der Waals surface area (Å²) in [6.07, 6.45) is 0. The first-order chi connectivity index (χ1) is 9.62. The Morgan fingerprint density at radius 1 is 1.35 bits per heavy atom. The summed E-state index contributed by atoms with van der Waals surface area (Å²) >= 11 is 0. The molecule has 20 heavy (non-hydrogen) atoms. The minimum Gasteiger partial charge on any atom is -0.459 e. The van der Waals surface area contributed by atoms with Crippen molar-refractivity contribution >= 4 is 11.6 Å². The first-order valence-corrected chi connectivity index (χ1v) is 5.79. The molecule has 0 fully saturated rings. The minimum absolute atomic E-state index is 0.0140. The lowest BCUT2D eigenvalue weighted by atomic mass is 9.86. The number of nitrogens with one attached hydrogen (secondary N) is 2. The van der Waals surface area contributed by atoms with Crippen LogP contribution in [-0.4, -0.2) is 11.6 Å². The number of hydrogen-bond donors (Lipinski definition) is 3. The predicted octanol–water partition coefficient (Wildman–Crippen LogP) is 0.151. The number of amides is 1. The molecule has 1 aromatic carbocycles. The van der Waals surface area contributed by atoms with Crippen molar-refractivity contribution in [3.8, 4) is 17.9 Å². The van der Waals surface area contributed by atoms with Gasteiger partial charge in [0.15, 0.2) is 5.92 Å². The van der Waals surface area contributed by atoms with E-state index in [4.69, 9.17) is 10.5 Å². The second-order valence-electron chi connectivity index (χ2n) is 4.41. The van der Waals surface area contributed by atoms with Gasteiger partial charge in [0.25, 0.3) is 0 Å². The molecule has 7 heteroatoms. The van der Waals surface area contributed by atoms with E-state index < -0.39 is 17.6 Å². The molecule has 0 radical (unpaired) electrons. The molecule has 2 heterocycles. The summed E-state index contributed by atoms with van der Waals surface area (Å²) in [5.74, 6) is -1.48. The number of benzene rings is 1. The van der Waals surface area contributed by atoms with Gasteiger partial charge in [-0.25, -0.2) is 0 Å². The van der Waals surface area contributed by atoms with E-state index in [0.29, 0.717) is 11.4 Å². The molecule has 0 aliphatic carbocycles. The van der Waals surface area contributed by atoms with Crippen LogP contribution < -0.4 is 21.1 Å². The van der Waals surface area contributed by atoms with Crippen LogP contribution in [0.25, 0.3) is 0 Å². The Kier molecular flexibility index (Phi) is 2.32. The van der Waals surface area contributed by atoms with Crippen molar-refractivity contribution in [2.45, 2.75) is 5.72 Å². The smallest absolute Gasteiger partial charge is 0.249 e. The van der Waals surface area contributed by atoms with Gasteiger partial charge < -0.3 is 21.1 Å². The van der Waals surface area contributed by atoms with Crippen molar-refractivity contribution in [3.05, 3.63) is 35.7 Å². The van der Waals surface area contributed by atoms with E-state index in [1.54, 1.807) is 24.3 Å².